The van der Waals surface area contributed by atoms with Gasteiger partial charge in [0.25, 0.3) is 0 Å². The van der Waals surface area contributed by atoms with Crippen molar-refractivity contribution in [3.8, 4) is 0 Å². The maximum atomic E-state index is 5.87. The standard InChI is InChI=1S/C8H8Cl2N6/c9-5-3-12-8(10)15-7(5)11-2-1-6-13-4-14-16-6/h3-4H,1-2H2,(H,11,12,15)(H,13,14,16). The van der Waals surface area contributed by atoms with Gasteiger partial charge in [0, 0.05) is 13.0 Å². The minimum atomic E-state index is 0.159. The van der Waals surface area contributed by atoms with Crippen LogP contribution in [0.4, 0.5) is 5.82 Å². The van der Waals surface area contributed by atoms with Crippen molar-refractivity contribution < 1.29 is 0 Å². The maximum Gasteiger partial charge on any atom is 0.224 e. The molecule has 6 nitrogen and oxygen atoms in total. The molecule has 0 amide bonds. The highest BCUT2D eigenvalue weighted by Gasteiger charge is 2.03. The van der Waals surface area contributed by atoms with Crippen molar-refractivity contribution in [2.24, 2.45) is 0 Å². The second-order valence-electron chi connectivity index (χ2n) is 2.94. The zero-order valence-electron chi connectivity index (χ0n) is 8.11. The first-order valence-electron chi connectivity index (χ1n) is 4.52. The van der Waals surface area contributed by atoms with Crippen LogP contribution in [-0.2, 0) is 6.42 Å². The van der Waals surface area contributed by atoms with Gasteiger partial charge in [-0.05, 0) is 11.6 Å². The molecule has 2 aromatic rings. The van der Waals surface area contributed by atoms with E-state index in [9.17, 15) is 0 Å². The van der Waals surface area contributed by atoms with E-state index in [2.05, 4.69) is 30.5 Å². The summed E-state index contributed by atoms with van der Waals surface area (Å²) in [4.78, 5) is 11.7. The van der Waals surface area contributed by atoms with Crippen LogP contribution in [0.3, 0.4) is 0 Å². The van der Waals surface area contributed by atoms with Crippen LogP contribution in [0.5, 0.6) is 0 Å². The lowest BCUT2D eigenvalue weighted by molar-refractivity contribution is 0.896. The molecule has 16 heavy (non-hydrogen) atoms. The number of nitrogens with zero attached hydrogens (tertiary/aromatic N) is 4. The fourth-order valence-electron chi connectivity index (χ4n) is 1.12. The largest absolute Gasteiger partial charge is 0.368 e. The monoisotopic (exact) mass is 258 g/mol. The molecule has 0 aliphatic carbocycles. The molecule has 0 fully saturated rings. The minimum Gasteiger partial charge on any atom is -0.368 e. The van der Waals surface area contributed by atoms with Crippen LogP contribution in [0, 0.1) is 0 Å². The summed E-state index contributed by atoms with van der Waals surface area (Å²) in [5, 5.41) is 10.1. The number of aromatic amines is 1. The molecule has 2 heterocycles. The number of aromatic nitrogens is 5. The zero-order chi connectivity index (χ0) is 11.4. The van der Waals surface area contributed by atoms with E-state index >= 15 is 0 Å². The fraction of sp³-hybridized carbons (Fsp3) is 0.250. The van der Waals surface area contributed by atoms with Crippen molar-refractivity contribution in [1.82, 2.24) is 25.1 Å². The van der Waals surface area contributed by atoms with Crippen molar-refractivity contribution in [2.45, 2.75) is 6.42 Å². The van der Waals surface area contributed by atoms with Gasteiger partial charge in [0.05, 0.1) is 6.20 Å². The third-order valence-corrected chi connectivity index (χ3v) is 2.29. The molecule has 0 saturated heterocycles. The molecule has 0 saturated carbocycles. The number of nitrogens with one attached hydrogen (secondary N) is 2. The van der Waals surface area contributed by atoms with Crippen molar-refractivity contribution in [2.75, 3.05) is 11.9 Å². The van der Waals surface area contributed by atoms with E-state index < -0.39 is 0 Å². The molecule has 8 heteroatoms. The first-order chi connectivity index (χ1) is 7.75. The highest BCUT2D eigenvalue weighted by Crippen LogP contribution is 2.18. The highest BCUT2D eigenvalue weighted by molar-refractivity contribution is 6.33. The number of hydrogen-bond donors (Lipinski definition) is 2. The average Bonchev–Trinajstić information content (AvgIpc) is 2.76. The third kappa shape index (κ3) is 2.80. The fourth-order valence-corrected chi connectivity index (χ4v) is 1.41. The molecule has 84 valence electrons. The smallest absolute Gasteiger partial charge is 0.224 e. The topological polar surface area (TPSA) is 79.4 Å². The second kappa shape index (κ2) is 5.09. The zero-order valence-corrected chi connectivity index (χ0v) is 9.63. The van der Waals surface area contributed by atoms with E-state index in [1.165, 1.54) is 12.5 Å². The van der Waals surface area contributed by atoms with Gasteiger partial charge in [-0.1, -0.05) is 11.6 Å². The molecule has 0 aromatic carbocycles. The molecule has 0 atom stereocenters. The highest BCUT2D eigenvalue weighted by atomic mass is 35.5. The molecular weight excluding hydrogens is 251 g/mol. The Morgan fingerprint density at radius 2 is 2.19 bits per heavy atom. The summed E-state index contributed by atoms with van der Waals surface area (Å²) in [6.45, 7) is 0.627. The molecular formula is C8H8Cl2N6. The molecule has 0 bridgehead atoms. The van der Waals surface area contributed by atoms with Gasteiger partial charge >= 0.3 is 0 Å². The van der Waals surface area contributed by atoms with Crippen molar-refractivity contribution in [1.29, 1.82) is 0 Å². The van der Waals surface area contributed by atoms with Gasteiger partial charge in [-0.3, -0.25) is 5.10 Å². The van der Waals surface area contributed by atoms with Crippen LogP contribution in [0.2, 0.25) is 10.3 Å². The van der Waals surface area contributed by atoms with E-state index in [-0.39, 0.29) is 5.28 Å². The van der Waals surface area contributed by atoms with Gasteiger partial charge in [0.15, 0.2) is 0 Å². The Morgan fingerprint density at radius 1 is 1.31 bits per heavy atom. The summed E-state index contributed by atoms with van der Waals surface area (Å²) in [6.07, 6.45) is 3.61. The number of rotatable bonds is 4. The van der Waals surface area contributed by atoms with Crippen LogP contribution >= 0.6 is 23.2 Å². The van der Waals surface area contributed by atoms with E-state index in [0.29, 0.717) is 23.8 Å². The Balaban J connectivity index is 1.92. The Morgan fingerprint density at radius 3 is 2.94 bits per heavy atom. The second-order valence-corrected chi connectivity index (χ2v) is 3.69. The predicted molar refractivity (Wildman–Crippen MR) is 60.6 cm³/mol. The number of halogens is 2. The molecule has 2 rings (SSSR count). The lowest BCUT2D eigenvalue weighted by Crippen LogP contribution is -2.08. The molecule has 0 aliphatic rings. The summed E-state index contributed by atoms with van der Waals surface area (Å²) in [5.41, 5.74) is 0. The van der Waals surface area contributed by atoms with E-state index in [0.717, 1.165) is 5.82 Å². The van der Waals surface area contributed by atoms with Gasteiger partial charge in [-0.25, -0.2) is 9.97 Å². The molecule has 0 aliphatic heterocycles. The van der Waals surface area contributed by atoms with Gasteiger partial charge in [-0.15, -0.1) is 0 Å². The van der Waals surface area contributed by atoms with Crippen molar-refractivity contribution in [3.05, 3.63) is 28.7 Å². The lowest BCUT2D eigenvalue weighted by atomic mass is 10.4. The van der Waals surface area contributed by atoms with Crippen LogP contribution in [0.25, 0.3) is 0 Å². The van der Waals surface area contributed by atoms with E-state index in [4.69, 9.17) is 23.2 Å². The van der Waals surface area contributed by atoms with Crippen LogP contribution in [-0.4, -0.2) is 31.7 Å². The molecule has 0 unspecified atom stereocenters. The van der Waals surface area contributed by atoms with E-state index in [1.54, 1.807) is 0 Å². The van der Waals surface area contributed by atoms with Crippen LogP contribution < -0.4 is 5.32 Å². The quantitative estimate of drug-likeness (QED) is 0.814. The van der Waals surface area contributed by atoms with Gasteiger partial charge < -0.3 is 5.32 Å². The number of hydrogen-bond acceptors (Lipinski definition) is 5. The normalized spacial score (nSPS) is 10.4. The molecule has 2 aromatic heterocycles. The maximum absolute atomic E-state index is 5.87. The minimum absolute atomic E-state index is 0.159. The summed E-state index contributed by atoms with van der Waals surface area (Å²) in [7, 11) is 0. The first-order valence-corrected chi connectivity index (χ1v) is 5.27. The average molecular weight is 259 g/mol. The van der Waals surface area contributed by atoms with Crippen molar-refractivity contribution >= 4 is 29.0 Å². The van der Waals surface area contributed by atoms with Gasteiger partial charge in [-0.2, -0.15) is 10.1 Å². The lowest BCUT2D eigenvalue weighted by Gasteiger charge is -2.05. The first kappa shape index (κ1) is 11.1. The molecule has 0 spiro atoms. The molecule has 2 N–H and O–H groups in total. The van der Waals surface area contributed by atoms with Gasteiger partial charge in [0.2, 0.25) is 5.28 Å². The molecule has 0 radical (unpaired) electrons. The number of H-pyrrole nitrogens is 1. The Labute approximate surface area is 101 Å². The van der Waals surface area contributed by atoms with E-state index in [1.807, 2.05) is 0 Å². The van der Waals surface area contributed by atoms with Gasteiger partial charge in [0.1, 0.15) is 23.0 Å². The third-order valence-electron chi connectivity index (χ3n) is 1.83. The Kier molecular flexibility index (Phi) is 3.53. The van der Waals surface area contributed by atoms with Crippen LogP contribution in [0.15, 0.2) is 12.5 Å². The summed E-state index contributed by atoms with van der Waals surface area (Å²) in [6, 6.07) is 0. The van der Waals surface area contributed by atoms with Crippen LogP contribution in [0.1, 0.15) is 5.82 Å². The summed E-state index contributed by atoms with van der Waals surface area (Å²) < 4.78 is 0. The Bertz CT molecular complexity index is 458. The van der Waals surface area contributed by atoms with Crippen molar-refractivity contribution in [3.63, 3.8) is 0 Å². The summed E-state index contributed by atoms with van der Waals surface area (Å²) in [5.74, 6) is 1.31. The number of anilines is 1. The summed E-state index contributed by atoms with van der Waals surface area (Å²) >= 11 is 11.5. The SMILES string of the molecule is Clc1ncc(Cl)c(NCCc2ncn[nH]2)n1. The predicted octanol–water partition coefficient (Wildman–Crippen LogP) is 1.56. The Hall–Kier alpha value is -1.40.